The minimum Gasteiger partial charge on any atom is -0.398 e. The average Bonchev–Trinajstić information content (AvgIpc) is 2.58. The Morgan fingerprint density at radius 1 is 1.17 bits per heavy atom. The highest BCUT2D eigenvalue weighted by Crippen LogP contribution is 2.36. The molecule has 0 radical (unpaired) electrons. The molecule has 1 saturated heterocycles. The van der Waals surface area contributed by atoms with Crippen molar-refractivity contribution in [3.63, 3.8) is 0 Å². The van der Waals surface area contributed by atoms with Gasteiger partial charge in [-0.1, -0.05) is 0 Å². The zero-order chi connectivity index (χ0) is 13.5. The fourth-order valence-electron chi connectivity index (χ4n) is 1.97. The summed E-state index contributed by atoms with van der Waals surface area (Å²) >= 11 is 0. The largest absolute Gasteiger partial charge is 0.418 e. The first-order chi connectivity index (χ1) is 8.29. The molecule has 100 valence electrons. The van der Waals surface area contributed by atoms with Crippen LogP contribution in [0.1, 0.15) is 5.56 Å². The van der Waals surface area contributed by atoms with Gasteiger partial charge >= 0.3 is 6.18 Å². The number of aliphatic hydroxyl groups is 2. The molecular formula is C11H13F3N2O2. The van der Waals surface area contributed by atoms with Crippen LogP contribution < -0.4 is 10.6 Å². The van der Waals surface area contributed by atoms with Crippen molar-refractivity contribution in [2.45, 2.75) is 18.4 Å². The van der Waals surface area contributed by atoms with Crippen LogP contribution in [0, 0.1) is 0 Å². The van der Waals surface area contributed by atoms with Crippen molar-refractivity contribution in [3.05, 3.63) is 23.8 Å². The Morgan fingerprint density at radius 3 is 2.22 bits per heavy atom. The van der Waals surface area contributed by atoms with Crippen LogP contribution in [0.25, 0.3) is 0 Å². The summed E-state index contributed by atoms with van der Waals surface area (Å²) < 4.78 is 38.0. The lowest BCUT2D eigenvalue weighted by molar-refractivity contribution is -0.136. The second-order valence-corrected chi connectivity index (χ2v) is 4.31. The number of rotatable bonds is 1. The third-order valence-electron chi connectivity index (χ3n) is 2.97. The SMILES string of the molecule is Nc1ccc(N2CC(O)C(O)C2)cc1C(F)(F)F. The number of aliphatic hydroxyl groups excluding tert-OH is 2. The molecule has 0 aliphatic carbocycles. The van der Waals surface area contributed by atoms with Gasteiger partial charge in [0.1, 0.15) is 0 Å². The number of anilines is 2. The Balaban J connectivity index is 2.31. The number of nitrogen functional groups attached to an aromatic ring is 1. The van der Waals surface area contributed by atoms with Crippen LogP contribution >= 0.6 is 0 Å². The number of halogens is 3. The Bertz CT molecular complexity index is 440. The van der Waals surface area contributed by atoms with Gasteiger partial charge in [-0.2, -0.15) is 13.2 Å². The summed E-state index contributed by atoms with van der Waals surface area (Å²) in [5.74, 6) is 0. The normalized spacial score (nSPS) is 24.6. The van der Waals surface area contributed by atoms with Crippen LogP contribution in [0.3, 0.4) is 0 Å². The van der Waals surface area contributed by atoms with Crippen molar-refractivity contribution in [2.24, 2.45) is 0 Å². The van der Waals surface area contributed by atoms with Crippen LogP contribution in [0.2, 0.25) is 0 Å². The highest BCUT2D eigenvalue weighted by Gasteiger charge is 2.35. The van der Waals surface area contributed by atoms with E-state index in [-0.39, 0.29) is 24.5 Å². The second-order valence-electron chi connectivity index (χ2n) is 4.31. The minimum atomic E-state index is -4.52. The van der Waals surface area contributed by atoms with Gasteiger partial charge in [-0.25, -0.2) is 0 Å². The predicted octanol–water partition coefficient (Wildman–Crippen LogP) is 0.829. The van der Waals surface area contributed by atoms with Gasteiger partial charge in [-0.05, 0) is 18.2 Å². The van der Waals surface area contributed by atoms with Crippen molar-refractivity contribution < 1.29 is 23.4 Å². The van der Waals surface area contributed by atoms with E-state index in [1.54, 1.807) is 0 Å². The molecule has 1 aliphatic rings. The molecule has 2 atom stereocenters. The van der Waals surface area contributed by atoms with Crippen LogP contribution in [-0.2, 0) is 6.18 Å². The molecule has 1 fully saturated rings. The van der Waals surface area contributed by atoms with Crippen LogP contribution in [0.15, 0.2) is 18.2 Å². The maximum absolute atomic E-state index is 12.7. The van der Waals surface area contributed by atoms with Gasteiger partial charge in [0.2, 0.25) is 0 Å². The molecule has 0 amide bonds. The summed E-state index contributed by atoms with van der Waals surface area (Å²) in [5.41, 5.74) is 4.33. The first kappa shape index (κ1) is 13.0. The Kier molecular flexibility index (Phi) is 3.12. The molecule has 4 nitrogen and oxygen atoms in total. The van der Waals surface area contributed by atoms with Crippen molar-refractivity contribution in [1.29, 1.82) is 0 Å². The molecule has 0 bridgehead atoms. The standard InChI is InChI=1S/C11H13F3N2O2/c12-11(13,14)7-3-6(1-2-8(7)15)16-4-9(17)10(18)5-16/h1-3,9-10,17-18H,4-5,15H2. The third-order valence-corrected chi connectivity index (χ3v) is 2.97. The van der Waals surface area contributed by atoms with E-state index >= 15 is 0 Å². The summed E-state index contributed by atoms with van der Waals surface area (Å²) in [6.07, 6.45) is -6.41. The molecule has 0 spiro atoms. The first-order valence-electron chi connectivity index (χ1n) is 5.37. The lowest BCUT2D eigenvalue weighted by Gasteiger charge is -2.20. The average molecular weight is 262 g/mol. The van der Waals surface area contributed by atoms with E-state index in [0.717, 1.165) is 6.07 Å². The fourth-order valence-corrected chi connectivity index (χ4v) is 1.97. The summed E-state index contributed by atoms with van der Waals surface area (Å²) in [6.45, 7) is 0.199. The summed E-state index contributed by atoms with van der Waals surface area (Å²) in [4.78, 5) is 1.49. The summed E-state index contributed by atoms with van der Waals surface area (Å²) in [6, 6.07) is 3.55. The zero-order valence-electron chi connectivity index (χ0n) is 9.35. The van der Waals surface area contributed by atoms with Gasteiger partial charge in [0.15, 0.2) is 0 Å². The monoisotopic (exact) mass is 262 g/mol. The Morgan fingerprint density at radius 2 is 1.72 bits per heavy atom. The lowest BCUT2D eigenvalue weighted by atomic mass is 10.1. The van der Waals surface area contributed by atoms with E-state index in [1.165, 1.54) is 17.0 Å². The van der Waals surface area contributed by atoms with Gasteiger partial charge in [0.05, 0.1) is 17.8 Å². The number of nitrogens with zero attached hydrogens (tertiary/aromatic N) is 1. The number of hydrogen-bond donors (Lipinski definition) is 3. The molecule has 0 aromatic heterocycles. The summed E-state index contributed by atoms with van der Waals surface area (Å²) in [5, 5.41) is 18.7. The molecule has 18 heavy (non-hydrogen) atoms. The van der Waals surface area contributed by atoms with E-state index < -0.39 is 23.9 Å². The quantitative estimate of drug-likeness (QED) is 0.656. The predicted molar refractivity (Wildman–Crippen MR) is 60.1 cm³/mol. The number of β-amino-alcohol motifs (C(OH)–C–C–N with tert-alkyl or cyclic N) is 2. The van der Waals surface area contributed by atoms with Crippen molar-refractivity contribution in [3.8, 4) is 0 Å². The molecule has 1 aliphatic heterocycles. The van der Waals surface area contributed by atoms with Gasteiger partial charge in [-0.15, -0.1) is 0 Å². The molecule has 4 N–H and O–H groups in total. The highest BCUT2D eigenvalue weighted by atomic mass is 19.4. The van der Waals surface area contributed by atoms with E-state index in [0.29, 0.717) is 0 Å². The van der Waals surface area contributed by atoms with Crippen molar-refractivity contribution in [2.75, 3.05) is 23.7 Å². The lowest BCUT2D eigenvalue weighted by Crippen LogP contribution is -2.22. The Labute approximate surface area is 101 Å². The topological polar surface area (TPSA) is 69.7 Å². The maximum Gasteiger partial charge on any atom is 0.418 e. The number of nitrogens with two attached hydrogens (primary N) is 1. The van der Waals surface area contributed by atoms with E-state index in [9.17, 15) is 23.4 Å². The highest BCUT2D eigenvalue weighted by molar-refractivity contribution is 5.60. The van der Waals surface area contributed by atoms with E-state index in [2.05, 4.69) is 0 Å². The van der Waals surface area contributed by atoms with Crippen LogP contribution in [-0.4, -0.2) is 35.5 Å². The molecule has 7 heteroatoms. The van der Waals surface area contributed by atoms with Gasteiger partial charge in [0, 0.05) is 24.5 Å². The smallest absolute Gasteiger partial charge is 0.398 e. The second kappa shape index (κ2) is 4.33. The minimum absolute atomic E-state index is 0.0996. The molecule has 2 rings (SSSR count). The zero-order valence-corrected chi connectivity index (χ0v) is 9.35. The number of alkyl halides is 3. The van der Waals surface area contributed by atoms with E-state index in [4.69, 9.17) is 5.73 Å². The van der Waals surface area contributed by atoms with Gasteiger partial charge in [0.25, 0.3) is 0 Å². The van der Waals surface area contributed by atoms with E-state index in [1.807, 2.05) is 0 Å². The van der Waals surface area contributed by atoms with Crippen LogP contribution in [0.4, 0.5) is 24.5 Å². The van der Waals surface area contributed by atoms with Crippen molar-refractivity contribution >= 4 is 11.4 Å². The third kappa shape index (κ3) is 2.37. The van der Waals surface area contributed by atoms with Crippen LogP contribution in [0.5, 0.6) is 0 Å². The maximum atomic E-state index is 12.7. The fraction of sp³-hybridized carbons (Fsp3) is 0.455. The van der Waals surface area contributed by atoms with Gasteiger partial charge in [-0.3, -0.25) is 0 Å². The number of benzene rings is 1. The molecule has 1 heterocycles. The number of hydrogen-bond acceptors (Lipinski definition) is 4. The molecule has 1 aromatic rings. The molecular weight excluding hydrogens is 249 g/mol. The summed E-state index contributed by atoms with van der Waals surface area (Å²) in [7, 11) is 0. The van der Waals surface area contributed by atoms with Crippen molar-refractivity contribution in [1.82, 2.24) is 0 Å². The Hall–Kier alpha value is -1.47. The first-order valence-corrected chi connectivity index (χ1v) is 5.37. The molecule has 2 unspecified atom stereocenters. The molecule has 0 saturated carbocycles. The molecule has 1 aromatic carbocycles. The van der Waals surface area contributed by atoms with Gasteiger partial charge < -0.3 is 20.8 Å².